The second kappa shape index (κ2) is 6.62. The van der Waals surface area contributed by atoms with E-state index in [9.17, 15) is 8.42 Å². The van der Waals surface area contributed by atoms with E-state index in [4.69, 9.17) is 0 Å². The van der Waals surface area contributed by atoms with E-state index in [0.29, 0.717) is 5.69 Å². The summed E-state index contributed by atoms with van der Waals surface area (Å²) in [5.74, 6) is 0. The first-order chi connectivity index (χ1) is 11.1. The Bertz CT molecular complexity index is 903. The van der Waals surface area contributed by atoms with Gasteiger partial charge in [-0.1, -0.05) is 42.5 Å². The number of sulfonamides is 1. The Morgan fingerprint density at radius 1 is 1.04 bits per heavy atom. The number of hydrogen-bond acceptors (Lipinski definition) is 4. The molecule has 1 aromatic heterocycles. The molecule has 23 heavy (non-hydrogen) atoms. The molecule has 6 heteroatoms. The van der Waals surface area contributed by atoms with Crippen molar-refractivity contribution in [3.8, 4) is 10.6 Å². The van der Waals surface area contributed by atoms with Crippen LogP contribution in [0.3, 0.4) is 0 Å². The van der Waals surface area contributed by atoms with Crippen LogP contribution in [0, 0.1) is 6.92 Å². The SMILES string of the molecule is Cc1ccccc1-c1nc(CNS(=O)(=O)c2ccccc2)cs1. The van der Waals surface area contributed by atoms with Crippen LogP contribution in [0.2, 0.25) is 0 Å². The van der Waals surface area contributed by atoms with Crippen molar-refractivity contribution >= 4 is 21.4 Å². The lowest BCUT2D eigenvalue weighted by atomic mass is 10.1. The third-order valence-electron chi connectivity index (χ3n) is 3.42. The number of nitrogens with one attached hydrogen (secondary N) is 1. The van der Waals surface area contributed by atoms with Gasteiger partial charge in [-0.25, -0.2) is 18.1 Å². The van der Waals surface area contributed by atoms with Crippen molar-refractivity contribution in [3.63, 3.8) is 0 Å². The lowest BCUT2D eigenvalue weighted by Gasteiger charge is -2.05. The molecule has 0 bridgehead atoms. The molecule has 0 aliphatic rings. The van der Waals surface area contributed by atoms with Gasteiger partial charge in [-0.2, -0.15) is 0 Å². The van der Waals surface area contributed by atoms with Crippen LogP contribution in [-0.2, 0) is 16.6 Å². The van der Waals surface area contributed by atoms with Crippen molar-refractivity contribution in [3.05, 3.63) is 71.2 Å². The lowest BCUT2D eigenvalue weighted by Crippen LogP contribution is -2.23. The van der Waals surface area contributed by atoms with Crippen molar-refractivity contribution in [1.82, 2.24) is 9.71 Å². The highest BCUT2D eigenvalue weighted by molar-refractivity contribution is 7.89. The second-order valence-electron chi connectivity index (χ2n) is 5.10. The topological polar surface area (TPSA) is 59.1 Å². The minimum atomic E-state index is -3.51. The van der Waals surface area contributed by atoms with E-state index >= 15 is 0 Å². The largest absolute Gasteiger partial charge is 0.240 e. The summed E-state index contributed by atoms with van der Waals surface area (Å²) in [6.45, 7) is 2.22. The van der Waals surface area contributed by atoms with Crippen LogP contribution in [0.4, 0.5) is 0 Å². The number of thiazole rings is 1. The van der Waals surface area contributed by atoms with E-state index in [1.165, 1.54) is 11.3 Å². The third-order valence-corrected chi connectivity index (χ3v) is 5.77. The summed E-state index contributed by atoms with van der Waals surface area (Å²) in [6.07, 6.45) is 0. The molecule has 0 aliphatic carbocycles. The van der Waals surface area contributed by atoms with Crippen molar-refractivity contribution < 1.29 is 8.42 Å². The van der Waals surface area contributed by atoms with E-state index in [0.717, 1.165) is 16.1 Å². The van der Waals surface area contributed by atoms with Crippen LogP contribution in [0.5, 0.6) is 0 Å². The van der Waals surface area contributed by atoms with E-state index < -0.39 is 10.0 Å². The van der Waals surface area contributed by atoms with Gasteiger partial charge in [-0.15, -0.1) is 11.3 Å². The fourth-order valence-corrected chi connectivity index (χ4v) is 4.11. The molecule has 0 unspecified atom stereocenters. The van der Waals surface area contributed by atoms with Gasteiger partial charge in [0, 0.05) is 10.9 Å². The minimum absolute atomic E-state index is 0.180. The van der Waals surface area contributed by atoms with Gasteiger partial charge in [0.05, 0.1) is 17.1 Å². The number of nitrogens with zero attached hydrogens (tertiary/aromatic N) is 1. The van der Waals surface area contributed by atoms with Crippen LogP contribution >= 0.6 is 11.3 Å². The van der Waals surface area contributed by atoms with Gasteiger partial charge < -0.3 is 0 Å². The van der Waals surface area contributed by atoms with Crippen LogP contribution in [0.25, 0.3) is 10.6 Å². The normalized spacial score (nSPS) is 11.5. The zero-order chi connectivity index (χ0) is 16.3. The molecule has 3 rings (SSSR count). The predicted octanol–water partition coefficient (Wildman–Crippen LogP) is 3.60. The van der Waals surface area contributed by atoms with Crippen molar-refractivity contribution in [1.29, 1.82) is 0 Å². The average Bonchev–Trinajstić information content (AvgIpc) is 3.03. The van der Waals surface area contributed by atoms with E-state index in [1.807, 2.05) is 36.6 Å². The number of rotatable bonds is 5. The van der Waals surface area contributed by atoms with Gasteiger partial charge in [0.25, 0.3) is 0 Å². The first-order valence-electron chi connectivity index (χ1n) is 7.11. The number of hydrogen-bond donors (Lipinski definition) is 1. The van der Waals surface area contributed by atoms with Gasteiger partial charge in [0.2, 0.25) is 10.0 Å². The molecule has 0 radical (unpaired) electrons. The minimum Gasteiger partial charge on any atom is -0.240 e. The third kappa shape index (κ3) is 3.67. The highest BCUT2D eigenvalue weighted by Crippen LogP contribution is 2.26. The van der Waals surface area contributed by atoms with E-state index in [1.54, 1.807) is 30.3 Å². The summed E-state index contributed by atoms with van der Waals surface area (Å²) in [6, 6.07) is 16.4. The molecule has 0 saturated heterocycles. The molecule has 4 nitrogen and oxygen atoms in total. The highest BCUT2D eigenvalue weighted by Gasteiger charge is 2.14. The monoisotopic (exact) mass is 344 g/mol. The molecule has 118 valence electrons. The molecule has 1 heterocycles. The van der Waals surface area contributed by atoms with E-state index in [-0.39, 0.29) is 11.4 Å². The Morgan fingerprint density at radius 3 is 2.48 bits per heavy atom. The Labute approximate surface area is 139 Å². The molecule has 0 fully saturated rings. The molecule has 0 amide bonds. The summed E-state index contributed by atoms with van der Waals surface area (Å²) in [7, 11) is -3.51. The summed E-state index contributed by atoms with van der Waals surface area (Å²) < 4.78 is 27.0. The van der Waals surface area contributed by atoms with Gasteiger partial charge in [0.15, 0.2) is 0 Å². The molecule has 1 N–H and O–H groups in total. The zero-order valence-electron chi connectivity index (χ0n) is 12.6. The Morgan fingerprint density at radius 2 is 1.74 bits per heavy atom. The fraction of sp³-hybridized carbons (Fsp3) is 0.118. The summed E-state index contributed by atoms with van der Waals surface area (Å²) >= 11 is 1.52. The Kier molecular flexibility index (Phi) is 4.56. The molecule has 0 aliphatic heterocycles. The molecular formula is C17H16N2O2S2. The molecule has 2 aromatic carbocycles. The number of benzene rings is 2. The van der Waals surface area contributed by atoms with Crippen molar-refractivity contribution in [2.45, 2.75) is 18.4 Å². The van der Waals surface area contributed by atoms with Gasteiger partial charge >= 0.3 is 0 Å². The molecule has 3 aromatic rings. The maximum absolute atomic E-state index is 12.2. The first-order valence-corrected chi connectivity index (χ1v) is 9.48. The molecule has 0 atom stereocenters. The average molecular weight is 344 g/mol. The van der Waals surface area contributed by atoms with Gasteiger partial charge in [-0.05, 0) is 24.6 Å². The van der Waals surface area contributed by atoms with Crippen LogP contribution in [0.15, 0.2) is 64.9 Å². The van der Waals surface area contributed by atoms with Crippen LogP contribution in [-0.4, -0.2) is 13.4 Å². The molecule has 0 saturated carbocycles. The van der Waals surface area contributed by atoms with Crippen molar-refractivity contribution in [2.24, 2.45) is 0 Å². The summed E-state index contributed by atoms with van der Waals surface area (Å²) in [5, 5.41) is 2.78. The van der Waals surface area contributed by atoms with E-state index in [2.05, 4.69) is 9.71 Å². The fourth-order valence-electron chi connectivity index (χ4n) is 2.18. The quantitative estimate of drug-likeness (QED) is 0.769. The number of aryl methyl sites for hydroxylation is 1. The van der Waals surface area contributed by atoms with Gasteiger partial charge in [0.1, 0.15) is 5.01 Å². The van der Waals surface area contributed by atoms with Crippen molar-refractivity contribution in [2.75, 3.05) is 0 Å². The predicted molar refractivity (Wildman–Crippen MR) is 92.8 cm³/mol. The summed E-state index contributed by atoms with van der Waals surface area (Å²) in [4.78, 5) is 4.79. The van der Waals surface area contributed by atoms with Gasteiger partial charge in [-0.3, -0.25) is 0 Å². The van der Waals surface area contributed by atoms with Crippen LogP contribution in [0.1, 0.15) is 11.3 Å². The van der Waals surface area contributed by atoms with Crippen LogP contribution < -0.4 is 4.72 Å². The second-order valence-corrected chi connectivity index (χ2v) is 7.72. The maximum atomic E-state index is 12.2. The molecular weight excluding hydrogens is 328 g/mol. The Hall–Kier alpha value is -2.02. The summed E-state index contributed by atoms with van der Waals surface area (Å²) in [5.41, 5.74) is 2.95. The Balaban J connectivity index is 1.74. The highest BCUT2D eigenvalue weighted by atomic mass is 32.2. The lowest BCUT2D eigenvalue weighted by molar-refractivity contribution is 0.580. The maximum Gasteiger partial charge on any atom is 0.240 e. The zero-order valence-corrected chi connectivity index (χ0v) is 14.2. The molecule has 0 spiro atoms. The first kappa shape index (κ1) is 15.9. The number of aromatic nitrogens is 1. The smallest absolute Gasteiger partial charge is 0.240 e. The standard InChI is InChI=1S/C17H16N2O2S2/c1-13-7-5-6-10-16(13)17-19-14(12-22-17)11-18-23(20,21)15-8-3-2-4-9-15/h2-10,12,18H,11H2,1H3.